The molecule has 1 aromatic carbocycles. The van der Waals surface area contributed by atoms with Crippen LogP contribution in [0.5, 0.6) is 5.75 Å². The number of carbonyl (C=O) groups excluding carboxylic acids is 3. The molecule has 0 N–H and O–H groups in total. The van der Waals surface area contributed by atoms with Crippen molar-refractivity contribution in [1.82, 2.24) is 4.90 Å². The van der Waals surface area contributed by atoms with Crippen molar-refractivity contribution >= 4 is 17.7 Å². The SMILES string of the molecule is COC(=O)C1CN(C(=O)c2ccc(OC)cc2)CC1=O. The van der Waals surface area contributed by atoms with Gasteiger partial charge < -0.3 is 14.4 Å². The molecule has 0 radical (unpaired) electrons. The molecular weight excluding hydrogens is 262 g/mol. The smallest absolute Gasteiger partial charge is 0.318 e. The van der Waals surface area contributed by atoms with E-state index in [1.807, 2.05) is 0 Å². The summed E-state index contributed by atoms with van der Waals surface area (Å²) in [4.78, 5) is 36.7. The molecule has 1 amide bonds. The van der Waals surface area contributed by atoms with Crippen LogP contribution < -0.4 is 4.74 Å². The predicted octanol–water partition coefficient (Wildman–Crippen LogP) is 0.509. The number of hydrogen-bond donors (Lipinski definition) is 0. The number of benzene rings is 1. The number of methoxy groups -OCH3 is 2. The molecule has 0 aromatic heterocycles. The number of nitrogens with zero attached hydrogens (tertiary/aromatic N) is 1. The van der Waals surface area contributed by atoms with Gasteiger partial charge >= 0.3 is 5.97 Å². The molecule has 1 heterocycles. The van der Waals surface area contributed by atoms with Gasteiger partial charge in [-0.15, -0.1) is 0 Å². The topological polar surface area (TPSA) is 72.9 Å². The first-order valence-corrected chi connectivity index (χ1v) is 6.10. The monoisotopic (exact) mass is 277 g/mol. The molecule has 6 nitrogen and oxygen atoms in total. The Bertz CT molecular complexity index is 537. The van der Waals surface area contributed by atoms with Crippen molar-refractivity contribution in [3.05, 3.63) is 29.8 Å². The van der Waals surface area contributed by atoms with Gasteiger partial charge in [-0.2, -0.15) is 0 Å². The van der Waals surface area contributed by atoms with E-state index in [4.69, 9.17) is 4.74 Å². The average molecular weight is 277 g/mol. The van der Waals surface area contributed by atoms with E-state index in [0.717, 1.165) is 0 Å². The molecule has 1 aliphatic heterocycles. The number of rotatable bonds is 3. The molecule has 1 fully saturated rings. The van der Waals surface area contributed by atoms with E-state index >= 15 is 0 Å². The Hall–Kier alpha value is -2.37. The fraction of sp³-hybridized carbons (Fsp3) is 0.357. The van der Waals surface area contributed by atoms with Gasteiger partial charge in [-0.25, -0.2) is 0 Å². The standard InChI is InChI=1S/C14H15NO5/c1-19-10-5-3-9(4-6-10)13(17)15-7-11(12(16)8-15)14(18)20-2/h3-6,11H,7-8H2,1-2H3. The lowest BCUT2D eigenvalue weighted by Crippen LogP contribution is -2.30. The molecule has 1 aromatic rings. The maximum Gasteiger partial charge on any atom is 0.318 e. The third-order valence-electron chi connectivity index (χ3n) is 3.25. The number of ketones is 1. The van der Waals surface area contributed by atoms with Gasteiger partial charge in [0.2, 0.25) is 0 Å². The van der Waals surface area contributed by atoms with Crippen LogP contribution in [0.2, 0.25) is 0 Å². The van der Waals surface area contributed by atoms with Gasteiger partial charge in [-0.3, -0.25) is 14.4 Å². The molecule has 0 aliphatic carbocycles. The largest absolute Gasteiger partial charge is 0.497 e. The molecule has 0 spiro atoms. The van der Waals surface area contributed by atoms with Crippen LogP contribution in [0.25, 0.3) is 0 Å². The molecule has 1 atom stereocenters. The van der Waals surface area contributed by atoms with Crippen molar-refractivity contribution in [3.63, 3.8) is 0 Å². The normalized spacial score (nSPS) is 18.0. The van der Waals surface area contributed by atoms with Gasteiger partial charge in [-0.1, -0.05) is 0 Å². The van der Waals surface area contributed by atoms with Crippen molar-refractivity contribution in [2.45, 2.75) is 0 Å². The lowest BCUT2D eigenvalue weighted by molar-refractivity contribution is -0.147. The molecule has 0 saturated carbocycles. The first-order valence-electron chi connectivity index (χ1n) is 6.10. The third-order valence-corrected chi connectivity index (χ3v) is 3.25. The second-order valence-corrected chi connectivity index (χ2v) is 4.46. The van der Waals surface area contributed by atoms with Crippen molar-refractivity contribution in [2.24, 2.45) is 5.92 Å². The van der Waals surface area contributed by atoms with E-state index in [1.165, 1.54) is 19.1 Å². The summed E-state index contributed by atoms with van der Waals surface area (Å²) in [6.07, 6.45) is 0. The van der Waals surface area contributed by atoms with Crippen LogP contribution in [0.4, 0.5) is 0 Å². The number of likely N-dealkylation sites (tertiary alicyclic amines) is 1. The number of Topliss-reactive ketones (excluding diaryl/α,β-unsaturated/α-hetero) is 1. The predicted molar refractivity (Wildman–Crippen MR) is 69.4 cm³/mol. The van der Waals surface area contributed by atoms with Gasteiger partial charge in [0, 0.05) is 12.1 Å². The van der Waals surface area contributed by atoms with Crippen LogP contribution in [0.1, 0.15) is 10.4 Å². The zero-order valence-corrected chi connectivity index (χ0v) is 11.3. The molecule has 1 saturated heterocycles. The minimum Gasteiger partial charge on any atom is -0.497 e. The molecule has 106 valence electrons. The molecular formula is C14H15NO5. The number of esters is 1. The van der Waals surface area contributed by atoms with Gasteiger partial charge in [0.15, 0.2) is 5.78 Å². The zero-order valence-electron chi connectivity index (χ0n) is 11.3. The van der Waals surface area contributed by atoms with Crippen LogP contribution in [0, 0.1) is 5.92 Å². The second-order valence-electron chi connectivity index (χ2n) is 4.46. The summed E-state index contributed by atoms with van der Waals surface area (Å²) in [6, 6.07) is 6.58. The summed E-state index contributed by atoms with van der Waals surface area (Å²) in [5, 5.41) is 0. The lowest BCUT2D eigenvalue weighted by Gasteiger charge is -2.15. The van der Waals surface area contributed by atoms with Gasteiger partial charge in [0.05, 0.1) is 20.8 Å². The van der Waals surface area contributed by atoms with Crippen molar-refractivity contribution in [1.29, 1.82) is 0 Å². The van der Waals surface area contributed by atoms with E-state index < -0.39 is 11.9 Å². The van der Waals surface area contributed by atoms with Gasteiger partial charge in [-0.05, 0) is 24.3 Å². The van der Waals surface area contributed by atoms with E-state index in [2.05, 4.69) is 4.74 Å². The van der Waals surface area contributed by atoms with Crippen molar-refractivity contribution in [3.8, 4) is 5.75 Å². The quantitative estimate of drug-likeness (QED) is 0.594. The Balaban J connectivity index is 2.10. The zero-order chi connectivity index (χ0) is 14.7. The fourth-order valence-electron chi connectivity index (χ4n) is 2.10. The van der Waals surface area contributed by atoms with Crippen LogP contribution >= 0.6 is 0 Å². The Morgan fingerprint density at radius 2 is 1.85 bits per heavy atom. The summed E-state index contributed by atoms with van der Waals surface area (Å²) < 4.78 is 9.57. The maximum absolute atomic E-state index is 12.2. The molecule has 0 bridgehead atoms. The summed E-state index contributed by atoms with van der Waals surface area (Å²) >= 11 is 0. The highest BCUT2D eigenvalue weighted by Crippen LogP contribution is 2.19. The fourth-order valence-corrected chi connectivity index (χ4v) is 2.10. The highest BCUT2D eigenvalue weighted by molar-refractivity contribution is 6.06. The summed E-state index contributed by atoms with van der Waals surface area (Å²) in [6.45, 7) is 0.000990. The van der Waals surface area contributed by atoms with Crippen LogP contribution in [-0.4, -0.2) is 49.9 Å². The van der Waals surface area contributed by atoms with E-state index in [9.17, 15) is 14.4 Å². The Kier molecular flexibility index (Phi) is 4.02. The minimum absolute atomic E-state index is 0.0649. The number of hydrogen-bond acceptors (Lipinski definition) is 5. The highest BCUT2D eigenvalue weighted by Gasteiger charge is 2.39. The third kappa shape index (κ3) is 2.64. The van der Waals surface area contributed by atoms with Crippen LogP contribution in [0.15, 0.2) is 24.3 Å². The van der Waals surface area contributed by atoms with E-state index in [1.54, 1.807) is 24.3 Å². The summed E-state index contributed by atoms with van der Waals surface area (Å²) in [5.74, 6) is -1.40. The minimum atomic E-state index is -0.873. The summed E-state index contributed by atoms with van der Waals surface area (Å²) in [5.41, 5.74) is 0.448. The summed E-state index contributed by atoms with van der Waals surface area (Å²) in [7, 11) is 2.76. The molecule has 1 unspecified atom stereocenters. The van der Waals surface area contributed by atoms with E-state index in [-0.39, 0.29) is 24.8 Å². The molecule has 6 heteroatoms. The van der Waals surface area contributed by atoms with Gasteiger partial charge in [0.25, 0.3) is 5.91 Å². The highest BCUT2D eigenvalue weighted by atomic mass is 16.5. The van der Waals surface area contributed by atoms with Crippen LogP contribution in [-0.2, 0) is 14.3 Å². The van der Waals surface area contributed by atoms with Gasteiger partial charge in [0.1, 0.15) is 11.7 Å². The Morgan fingerprint density at radius 1 is 1.20 bits per heavy atom. The molecule has 20 heavy (non-hydrogen) atoms. The molecule has 1 aliphatic rings. The lowest BCUT2D eigenvalue weighted by atomic mass is 10.1. The first-order chi connectivity index (χ1) is 9.56. The number of amides is 1. The Labute approximate surface area is 116 Å². The second kappa shape index (κ2) is 5.73. The van der Waals surface area contributed by atoms with Crippen molar-refractivity contribution in [2.75, 3.05) is 27.3 Å². The number of ether oxygens (including phenoxy) is 2. The van der Waals surface area contributed by atoms with Crippen molar-refractivity contribution < 1.29 is 23.9 Å². The van der Waals surface area contributed by atoms with Crippen LogP contribution in [0.3, 0.4) is 0 Å². The molecule has 2 rings (SSSR count). The maximum atomic E-state index is 12.2. The first kappa shape index (κ1) is 14.0. The van der Waals surface area contributed by atoms with E-state index in [0.29, 0.717) is 11.3 Å². The Morgan fingerprint density at radius 3 is 2.40 bits per heavy atom. The average Bonchev–Trinajstić information content (AvgIpc) is 2.87. The number of carbonyl (C=O) groups is 3.